The van der Waals surface area contributed by atoms with Crippen molar-refractivity contribution in [2.75, 3.05) is 19.8 Å². The van der Waals surface area contributed by atoms with Crippen LogP contribution in [0.1, 0.15) is 25.8 Å². The highest BCUT2D eigenvalue weighted by molar-refractivity contribution is 6.30. The Kier molecular flexibility index (Phi) is 7.93. The van der Waals surface area contributed by atoms with Crippen LogP contribution >= 0.6 is 11.6 Å². The molecule has 0 saturated heterocycles. The molecule has 21 heavy (non-hydrogen) atoms. The maximum absolute atomic E-state index is 11.6. The van der Waals surface area contributed by atoms with Crippen molar-refractivity contribution in [1.29, 1.82) is 0 Å². The molecular formula is C15H23ClN2O3. The van der Waals surface area contributed by atoms with E-state index in [1.54, 1.807) is 6.07 Å². The third-order valence-electron chi connectivity index (χ3n) is 2.94. The Balaban J connectivity index is 2.44. The van der Waals surface area contributed by atoms with Crippen LogP contribution in [0, 0.1) is 0 Å². The first-order valence-electron chi connectivity index (χ1n) is 7.13. The van der Waals surface area contributed by atoms with Crippen molar-refractivity contribution >= 4 is 17.6 Å². The van der Waals surface area contributed by atoms with Gasteiger partial charge in [0.1, 0.15) is 5.75 Å². The molecule has 1 atom stereocenters. The predicted octanol–water partition coefficient (Wildman–Crippen LogP) is 2.35. The van der Waals surface area contributed by atoms with Crippen molar-refractivity contribution in [2.24, 2.45) is 0 Å². The number of amides is 2. The van der Waals surface area contributed by atoms with Crippen molar-refractivity contribution in [1.82, 2.24) is 10.6 Å². The number of hydrogen-bond donors (Lipinski definition) is 3. The molecule has 0 aromatic heterocycles. The molecule has 1 aromatic carbocycles. The topological polar surface area (TPSA) is 70.6 Å². The lowest BCUT2D eigenvalue weighted by Crippen LogP contribution is -2.41. The van der Waals surface area contributed by atoms with Crippen LogP contribution in [-0.2, 0) is 6.42 Å². The fourth-order valence-electron chi connectivity index (χ4n) is 1.89. The van der Waals surface area contributed by atoms with Gasteiger partial charge in [0.2, 0.25) is 0 Å². The Morgan fingerprint density at radius 3 is 2.90 bits per heavy atom. The van der Waals surface area contributed by atoms with Crippen LogP contribution in [0.2, 0.25) is 5.02 Å². The summed E-state index contributed by atoms with van der Waals surface area (Å²) in [5, 5.41) is 15.0. The van der Waals surface area contributed by atoms with E-state index >= 15 is 0 Å². The highest BCUT2D eigenvalue weighted by Gasteiger charge is 2.08. The lowest BCUT2D eigenvalue weighted by Gasteiger charge is -2.14. The van der Waals surface area contributed by atoms with Gasteiger partial charge < -0.3 is 20.5 Å². The van der Waals surface area contributed by atoms with E-state index in [2.05, 4.69) is 10.6 Å². The number of nitrogens with one attached hydrogen (secondary N) is 2. The molecule has 0 heterocycles. The number of aliphatic hydroxyl groups is 1. The molecule has 3 N–H and O–H groups in total. The molecule has 0 aliphatic heterocycles. The lowest BCUT2D eigenvalue weighted by atomic mass is 10.1. The van der Waals surface area contributed by atoms with Gasteiger partial charge in [-0.3, -0.25) is 0 Å². The number of benzene rings is 1. The third kappa shape index (κ3) is 6.69. The molecule has 0 spiro atoms. The molecule has 0 fully saturated rings. The van der Waals surface area contributed by atoms with Crippen LogP contribution in [-0.4, -0.2) is 36.9 Å². The average molecular weight is 315 g/mol. The van der Waals surface area contributed by atoms with Gasteiger partial charge >= 0.3 is 6.03 Å². The van der Waals surface area contributed by atoms with Crippen LogP contribution in [0.25, 0.3) is 0 Å². The van der Waals surface area contributed by atoms with E-state index in [4.69, 9.17) is 21.4 Å². The normalized spacial score (nSPS) is 11.8. The van der Waals surface area contributed by atoms with Gasteiger partial charge in [0.05, 0.1) is 6.61 Å². The quantitative estimate of drug-likeness (QED) is 0.690. The van der Waals surface area contributed by atoms with Gasteiger partial charge in [-0.05, 0) is 50.5 Å². The van der Waals surface area contributed by atoms with E-state index in [0.29, 0.717) is 31.0 Å². The van der Waals surface area contributed by atoms with E-state index in [9.17, 15) is 4.79 Å². The zero-order valence-corrected chi connectivity index (χ0v) is 13.2. The maximum atomic E-state index is 11.6. The summed E-state index contributed by atoms with van der Waals surface area (Å²) in [6, 6.07) is 5.17. The molecule has 0 unspecified atom stereocenters. The van der Waals surface area contributed by atoms with Crippen LogP contribution in [0.3, 0.4) is 0 Å². The van der Waals surface area contributed by atoms with Crippen molar-refractivity contribution in [3.8, 4) is 5.75 Å². The standard InChI is InChI=1S/C15H23ClN2O3/c1-3-21-14-5-4-13(16)10-12(14)6-8-17-15(20)18-11(2)7-9-19/h4-5,10-11,19H,3,6-9H2,1-2H3,(H2,17,18,20)/t11-/m1/s1. The van der Waals surface area contributed by atoms with Crippen molar-refractivity contribution < 1.29 is 14.6 Å². The van der Waals surface area contributed by atoms with Crippen molar-refractivity contribution in [3.05, 3.63) is 28.8 Å². The summed E-state index contributed by atoms with van der Waals surface area (Å²) < 4.78 is 5.53. The van der Waals surface area contributed by atoms with Gasteiger partial charge in [-0.1, -0.05) is 11.6 Å². The van der Waals surface area contributed by atoms with Gasteiger partial charge in [-0.15, -0.1) is 0 Å². The molecule has 0 radical (unpaired) electrons. The number of aliphatic hydroxyl groups excluding tert-OH is 1. The van der Waals surface area contributed by atoms with E-state index in [0.717, 1.165) is 11.3 Å². The van der Waals surface area contributed by atoms with Crippen LogP contribution in [0.4, 0.5) is 4.79 Å². The monoisotopic (exact) mass is 314 g/mol. The molecule has 5 nitrogen and oxygen atoms in total. The Morgan fingerprint density at radius 1 is 1.48 bits per heavy atom. The zero-order chi connectivity index (χ0) is 15.7. The van der Waals surface area contributed by atoms with Crippen LogP contribution in [0.15, 0.2) is 18.2 Å². The van der Waals surface area contributed by atoms with Crippen LogP contribution < -0.4 is 15.4 Å². The fourth-order valence-corrected chi connectivity index (χ4v) is 2.09. The second-order valence-corrected chi connectivity index (χ2v) is 5.19. The van der Waals surface area contributed by atoms with Gasteiger partial charge in [0, 0.05) is 24.2 Å². The number of hydrogen-bond acceptors (Lipinski definition) is 3. The highest BCUT2D eigenvalue weighted by atomic mass is 35.5. The second kappa shape index (κ2) is 9.47. The third-order valence-corrected chi connectivity index (χ3v) is 3.18. The lowest BCUT2D eigenvalue weighted by molar-refractivity contribution is 0.231. The fraction of sp³-hybridized carbons (Fsp3) is 0.533. The van der Waals surface area contributed by atoms with Gasteiger partial charge in [0.25, 0.3) is 0 Å². The maximum Gasteiger partial charge on any atom is 0.315 e. The molecular weight excluding hydrogens is 292 g/mol. The molecule has 1 rings (SSSR count). The Bertz CT molecular complexity index is 455. The molecule has 0 aliphatic rings. The summed E-state index contributed by atoms with van der Waals surface area (Å²) >= 11 is 5.98. The summed E-state index contributed by atoms with van der Waals surface area (Å²) in [5.74, 6) is 0.790. The number of carbonyl (C=O) groups excluding carboxylic acids is 1. The SMILES string of the molecule is CCOc1ccc(Cl)cc1CCNC(=O)N[C@H](C)CCO. The smallest absolute Gasteiger partial charge is 0.315 e. The molecule has 0 saturated carbocycles. The number of carbonyl (C=O) groups is 1. The summed E-state index contributed by atoms with van der Waals surface area (Å²) in [6.07, 6.45) is 1.17. The van der Waals surface area contributed by atoms with Gasteiger partial charge in [0.15, 0.2) is 0 Å². The number of halogens is 1. The first-order valence-corrected chi connectivity index (χ1v) is 7.51. The first-order chi connectivity index (χ1) is 10.1. The second-order valence-electron chi connectivity index (χ2n) is 4.75. The highest BCUT2D eigenvalue weighted by Crippen LogP contribution is 2.23. The van der Waals surface area contributed by atoms with Crippen LogP contribution in [0.5, 0.6) is 5.75 Å². The Labute approximate surface area is 130 Å². The Hall–Kier alpha value is -1.46. The van der Waals surface area contributed by atoms with E-state index in [1.165, 1.54) is 0 Å². The van der Waals surface area contributed by atoms with Gasteiger partial charge in [-0.25, -0.2) is 4.79 Å². The van der Waals surface area contributed by atoms with Crippen molar-refractivity contribution in [3.63, 3.8) is 0 Å². The molecule has 1 aromatic rings. The summed E-state index contributed by atoms with van der Waals surface area (Å²) in [7, 11) is 0. The average Bonchev–Trinajstić information content (AvgIpc) is 2.42. The number of rotatable bonds is 8. The number of ether oxygens (including phenoxy) is 1. The largest absolute Gasteiger partial charge is 0.494 e. The van der Waals surface area contributed by atoms with Crippen molar-refractivity contribution in [2.45, 2.75) is 32.7 Å². The van der Waals surface area contributed by atoms with E-state index < -0.39 is 0 Å². The minimum atomic E-state index is -0.240. The van der Waals surface area contributed by atoms with E-state index in [-0.39, 0.29) is 18.7 Å². The molecule has 0 aliphatic carbocycles. The first kappa shape index (κ1) is 17.6. The summed E-state index contributed by atoms with van der Waals surface area (Å²) in [5.41, 5.74) is 0.966. The minimum Gasteiger partial charge on any atom is -0.494 e. The minimum absolute atomic E-state index is 0.0554. The Morgan fingerprint density at radius 2 is 2.24 bits per heavy atom. The zero-order valence-electron chi connectivity index (χ0n) is 12.5. The molecule has 6 heteroatoms. The van der Waals surface area contributed by atoms with E-state index in [1.807, 2.05) is 26.0 Å². The molecule has 0 bridgehead atoms. The predicted molar refractivity (Wildman–Crippen MR) is 84.0 cm³/mol. The molecule has 2 amide bonds. The summed E-state index contributed by atoms with van der Waals surface area (Å²) in [6.45, 7) is 4.90. The number of urea groups is 1. The summed E-state index contributed by atoms with van der Waals surface area (Å²) in [4.78, 5) is 11.6. The van der Waals surface area contributed by atoms with Gasteiger partial charge in [-0.2, -0.15) is 0 Å². The molecule has 118 valence electrons.